The van der Waals surface area contributed by atoms with Gasteiger partial charge >= 0.3 is 0 Å². The van der Waals surface area contributed by atoms with Crippen molar-refractivity contribution in [3.63, 3.8) is 0 Å². The molecule has 2 aromatic heterocycles. The number of methoxy groups -OCH3 is 1. The van der Waals surface area contributed by atoms with Gasteiger partial charge in [0.25, 0.3) is 0 Å². The van der Waals surface area contributed by atoms with Crippen molar-refractivity contribution in [3.8, 4) is 5.75 Å². The van der Waals surface area contributed by atoms with Gasteiger partial charge in [-0.1, -0.05) is 13.0 Å². The van der Waals surface area contributed by atoms with Crippen molar-refractivity contribution in [2.75, 3.05) is 7.11 Å². The Morgan fingerprint density at radius 2 is 2.05 bits per heavy atom. The van der Waals surface area contributed by atoms with Gasteiger partial charge in [-0.05, 0) is 37.6 Å². The third-order valence-electron chi connectivity index (χ3n) is 3.90. The van der Waals surface area contributed by atoms with E-state index in [1.165, 1.54) is 11.2 Å². The predicted octanol–water partition coefficient (Wildman–Crippen LogP) is 3.48. The molecule has 1 aromatic carbocycles. The average Bonchev–Trinajstić information content (AvgIpc) is 3.11. The molecule has 110 valence electrons. The van der Waals surface area contributed by atoms with Crippen molar-refractivity contribution in [1.82, 2.24) is 14.3 Å². The molecule has 0 amide bonds. The number of fused-ring (bicyclic) bond motifs is 1. The summed E-state index contributed by atoms with van der Waals surface area (Å²) in [5, 5.41) is 5.77. The Morgan fingerprint density at radius 1 is 1.19 bits per heavy atom. The minimum atomic E-state index is 0.831. The van der Waals surface area contributed by atoms with Crippen molar-refractivity contribution in [2.24, 2.45) is 0 Å². The molecule has 0 radical (unpaired) electrons. The third-order valence-corrected chi connectivity index (χ3v) is 3.90. The number of ether oxygens (including phenoxy) is 1. The molecule has 0 saturated carbocycles. The Morgan fingerprint density at radius 3 is 2.76 bits per heavy atom. The van der Waals surface area contributed by atoms with E-state index in [4.69, 9.17) is 4.74 Å². The van der Waals surface area contributed by atoms with Gasteiger partial charge in [-0.15, -0.1) is 0 Å². The van der Waals surface area contributed by atoms with E-state index in [0.29, 0.717) is 0 Å². The second-order valence-corrected chi connectivity index (χ2v) is 5.13. The first-order chi connectivity index (χ1) is 10.3. The second kappa shape index (κ2) is 5.64. The maximum absolute atomic E-state index is 5.43. The lowest BCUT2D eigenvalue weighted by Gasteiger charge is -2.08. The van der Waals surface area contributed by atoms with Gasteiger partial charge in [0.05, 0.1) is 30.6 Å². The number of rotatable bonds is 5. The fourth-order valence-electron chi connectivity index (χ4n) is 2.77. The maximum atomic E-state index is 5.43. The molecule has 0 aliphatic rings. The van der Waals surface area contributed by atoms with Crippen molar-refractivity contribution in [2.45, 2.75) is 33.4 Å². The van der Waals surface area contributed by atoms with Gasteiger partial charge in [0.2, 0.25) is 0 Å². The van der Waals surface area contributed by atoms with Crippen LogP contribution in [0.3, 0.4) is 0 Å². The minimum absolute atomic E-state index is 0.831. The number of hydrogen-bond donors (Lipinski definition) is 0. The van der Waals surface area contributed by atoms with Crippen molar-refractivity contribution >= 4 is 10.9 Å². The molecule has 0 N–H and O–H groups in total. The lowest BCUT2D eigenvalue weighted by Crippen LogP contribution is -2.07. The Labute approximate surface area is 124 Å². The highest BCUT2D eigenvalue weighted by Gasteiger charge is 2.10. The molecule has 0 saturated heterocycles. The summed E-state index contributed by atoms with van der Waals surface area (Å²) in [4.78, 5) is 0. The van der Waals surface area contributed by atoms with Crippen LogP contribution in [0.25, 0.3) is 10.9 Å². The summed E-state index contributed by atoms with van der Waals surface area (Å²) in [6, 6.07) is 10.5. The number of benzene rings is 1. The second-order valence-electron chi connectivity index (χ2n) is 5.13. The van der Waals surface area contributed by atoms with Crippen LogP contribution >= 0.6 is 0 Å². The first kappa shape index (κ1) is 13.7. The SMILES string of the molecule is CCc1cc(Cn2ccc3c(OC)cccc32)n(CC)n1. The van der Waals surface area contributed by atoms with E-state index < -0.39 is 0 Å². The molecule has 0 aliphatic carbocycles. The summed E-state index contributed by atoms with van der Waals surface area (Å²) in [5.41, 5.74) is 3.59. The number of nitrogens with zero attached hydrogens (tertiary/aromatic N) is 3. The summed E-state index contributed by atoms with van der Waals surface area (Å²) in [7, 11) is 1.71. The zero-order valence-corrected chi connectivity index (χ0v) is 12.8. The predicted molar refractivity (Wildman–Crippen MR) is 84.9 cm³/mol. The van der Waals surface area contributed by atoms with Gasteiger partial charge in [0, 0.05) is 18.1 Å². The van der Waals surface area contributed by atoms with E-state index in [1.54, 1.807) is 7.11 Å². The lowest BCUT2D eigenvalue weighted by atomic mass is 10.2. The van der Waals surface area contributed by atoms with E-state index in [9.17, 15) is 0 Å². The summed E-state index contributed by atoms with van der Waals surface area (Å²) in [6.07, 6.45) is 3.09. The Kier molecular flexibility index (Phi) is 3.69. The lowest BCUT2D eigenvalue weighted by molar-refractivity contribution is 0.420. The average molecular weight is 283 g/mol. The fourth-order valence-corrected chi connectivity index (χ4v) is 2.77. The van der Waals surface area contributed by atoms with Crippen LogP contribution in [0.2, 0.25) is 0 Å². The molecule has 0 bridgehead atoms. The molecule has 0 unspecified atom stereocenters. The van der Waals surface area contributed by atoms with Gasteiger partial charge in [-0.25, -0.2) is 0 Å². The van der Waals surface area contributed by atoms with Crippen LogP contribution in [0, 0.1) is 0 Å². The fraction of sp³-hybridized carbons (Fsp3) is 0.353. The zero-order valence-electron chi connectivity index (χ0n) is 12.8. The Bertz CT molecular complexity index is 755. The van der Waals surface area contributed by atoms with Crippen LogP contribution in [0.15, 0.2) is 36.5 Å². The number of aryl methyl sites for hydroxylation is 2. The van der Waals surface area contributed by atoms with Crippen molar-refractivity contribution < 1.29 is 4.74 Å². The van der Waals surface area contributed by atoms with Crippen LogP contribution in [-0.4, -0.2) is 21.5 Å². The molecular weight excluding hydrogens is 262 g/mol. The van der Waals surface area contributed by atoms with Crippen LogP contribution in [0.5, 0.6) is 5.75 Å². The Hall–Kier alpha value is -2.23. The first-order valence-electron chi connectivity index (χ1n) is 7.44. The third kappa shape index (κ3) is 2.42. The largest absolute Gasteiger partial charge is 0.496 e. The van der Waals surface area contributed by atoms with Crippen molar-refractivity contribution in [3.05, 3.63) is 47.9 Å². The molecular formula is C17H21N3O. The smallest absolute Gasteiger partial charge is 0.128 e. The van der Waals surface area contributed by atoms with E-state index in [1.807, 2.05) is 12.1 Å². The number of hydrogen-bond acceptors (Lipinski definition) is 2. The molecule has 4 heteroatoms. The van der Waals surface area contributed by atoms with Crippen LogP contribution in [0.1, 0.15) is 25.2 Å². The van der Waals surface area contributed by atoms with Gasteiger partial charge < -0.3 is 9.30 Å². The van der Waals surface area contributed by atoms with Gasteiger partial charge in [0.15, 0.2) is 0 Å². The van der Waals surface area contributed by atoms with E-state index in [0.717, 1.165) is 36.3 Å². The highest BCUT2D eigenvalue weighted by molar-refractivity contribution is 5.86. The standard InChI is InChI=1S/C17H21N3O/c1-4-13-11-14(20(5-2)18-13)12-19-10-9-15-16(19)7-6-8-17(15)21-3/h6-11H,4-5,12H2,1-3H3. The molecule has 2 heterocycles. The van der Waals surface area contributed by atoms with E-state index in [-0.39, 0.29) is 0 Å². The molecule has 4 nitrogen and oxygen atoms in total. The molecule has 0 spiro atoms. The summed E-state index contributed by atoms with van der Waals surface area (Å²) >= 11 is 0. The summed E-state index contributed by atoms with van der Waals surface area (Å²) in [5.74, 6) is 0.921. The molecule has 21 heavy (non-hydrogen) atoms. The summed E-state index contributed by atoms with van der Waals surface area (Å²) in [6.45, 7) is 6.00. The minimum Gasteiger partial charge on any atom is -0.496 e. The quantitative estimate of drug-likeness (QED) is 0.718. The van der Waals surface area contributed by atoms with Crippen LogP contribution in [-0.2, 0) is 19.5 Å². The zero-order chi connectivity index (χ0) is 14.8. The van der Waals surface area contributed by atoms with Gasteiger partial charge in [-0.2, -0.15) is 5.10 Å². The molecule has 0 fully saturated rings. The van der Waals surface area contributed by atoms with Crippen molar-refractivity contribution in [1.29, 1.82) is 0 Å². The van der Waals surface area contributed by atoms with Crippen LogP contribution in [0.4, 0.5) is 0 Å². The number of aromatic nitrogens is 3. The summed E-state index contributed by atoms with van der Waals surface area (Å²) < 4.78 is 9.77. The maximum Gasteiger partial charge on any atom is 0.128 e. The monoisotopic (exact) mass is 283 g/mol. The molecule has 0 atom stereocenters. The normalized spacial score (nSPS) is 11.2. The topological polar surface area (TPSA) is 32.0 Å². The first-order valence-corrected chi connectivity index (χ1v) is 7.44. The van der Waals surface area contributed by atoms with Gasteiger partial charge in [-0.3, -0.25) is 4.68 Å². The molecule has 0 aliphatic heterocycles. The van der Waals surface area contributed by atoms with E-state index >= 15 is 0 Å². The molecule has 3 rings (SSSR count). The highest BCUT2D eigenvalue weighted by Crippen LogP contribution is 2.26. The van der Waals surface area contributed by atoms with Gasteiger partial charge in [0.1, 0.15) is 5.75 Å². The van der Waals surface area contributed by atoms with Crippen LogP contribution < -0.4 is 4.74 Å². The highest BCUT2D eigenvalue weighted by atomic mass is 16.5. The molecule has 3 aromatic rings. The van der Waals surface area contributed by atoms with E-state index in [2.05, 4.69) is 52.6 Å². The Balaban J connectivity index is 2.00.